The number of ether oxygens (including phenoxy) is 1. The van der Waals surface area contributed by atoms with Gasteiger partial charge in [-0.05, 0) is 30.3 Å². The highest BCUT2D eigenvalue weighted by atomic mass is 79.9. The smallest absolute Gasteiger partial charge is 0.296 e. The first-order valence-corrected chi connectivity index (χ1v) is 9.59. The summed E-state index contributed by atoms with van der Waals surface area (Å²) in [5, 5.41) is 19.4. The summed E-state index contributed by atoms with van der Waals surface area (Å²) in [6.07, 6.45) is 3.01. The summed E-state index contributed by atoms with van der Waals surface area (Å²) in [4.78, 5) is 18.3. The summed E-state index contributed by atoms with van der Waals surface area (Å²) in [5.41, 5.74) is 1.42. The van der Waals surface area contributed by atoms with Gasteiger partial charge in [0.05, 0.1) is 31.0 Å². The molecule has 0 atom stereocenters. The second-order valence-corrected chi connectivity index (χ2v) is 7.30. The van der Waals surface area contributed by atoms with E-state index in [1.54, 1.807) is 22.9 Å². The van der Waals surface area contributed by atoms with Crippen LogP contribution in [0.2, 0.25) is 0 Å². The molecule has 1 aliphatic rings. The van der Waals surface area contributed by atoms with Gasteiger partial charge in [-0.3, -0.25) is 19.2 Å². The fourth-order valence-corrected chi connectivity index (χ4v) is 3.48. The number of hydrogen-bond donors (Lipinski definition) is 1. The molecule has 0 spiro atoms. The lowest BCUT2D eigenvalue weighted by Gasteiger charge is -2.27. The van der Waals surface area contributed by atoms with Gasteiger partial charge in [0.2, 0.25) is 5.88 Å². The number of hydrogen-bond acceptors (Lipinski definition) is 6. The predicted octanol–water partition coefficient (Wildman–Crippen LogP) is 3.72. The number of rotatable bonds is 4. The van der Waals surface area contributed by atoms with Gasteiger partial charge in [0, 0.05) is 35.3 Å². The third kappa shape index (κ3) is 3.82. The number of halogens is 1. The summed E-state index contributed by atoms with van der Waals surface area (Å²) < 4.78 is 8.01. The van der Waals surface area contributed by atoms with Crippen molar-refractivity contribution in [2.24, 2.45) is 10.2 Å². The van der Waals surface area contributed by atoms with Crippen molar-refractivity contribution in [3.05, 3.63) is 52.8 Å². The van der Waals surface area contributed by atoms with Crippen LogP contribution in [0.15, 0.2) is 57.4 Å². The number of azo groups is 1. The first kappa shape index (κ1) is 18.7. The molecule has 0 radical (unpaired) electrons. The number of aromatic hydroxyl groups is 1. The summed E-state index contributed by atoms with van der Waals surface area (Å²) >= 11 is 3.45. The van der Waals surface area contributed by atoms with Crippen LogP contribution in [0.1, 0.15) is 10.4 Å². The molecule has 8 nitrogen and oxygen atoms in total. The number of benzene rings is 1. The monoisotopic (exact) mass is 443 g/mol. The van der Waals surface area contributed by atoms with Crippen LogP contribution in [0.5, 0.6) is 5.88 Å². The Labute approximate surface area is 169 Å². The van der Waals surface area contributed by atoms with Crippen LogP contribution in [0.25, 0.3) is 10.9 Å². The molecule has 0 aliphatic carbocycles. The van der Waals surface area contributed by atoms with E-state index in [4.69, 9.17) is 4.74 Å². The van der Waals surface area contributed by atoms with Gasteiger partial charge >= 0.3 is 0 Å². The topological polar surface area (TPSA) is 92.3 Å². The number of nitrogens with zero attached hydrogens (tertiary/aromatic N) is 5. The minimum atomic E-state index is -0.517. The summed E-state index contributed by atoms with van der Waals surface area (Å²) in [5.74, 6) is -0.543. The third-order valence-electron chi connectivity index (χ3n) is 4.57. The van der Waals surface area contributed by atoms with E-state index in [0.29, 0.717) is 30.8 Å². The van der Waals surface area contributed by atoms with Crippen LogP contribution >= 0.6 is 15.9 Å². The predicted molar refractivity (Wildman–Crippen MR) is 107 cm³/mol. The molecule has 1 N–H and O–H groups in total. The van der Waals surface area contributed by atoms with E-state index in [0.717, 1.165) is 23.1 Å². The molecule has 3 heterocycles. The average Bonchev–Trinajstić information content (AvgIpc) is 2.98. The maximum atomic E-state index is 12.2. The Morgan fingerprint density at radius 2 is 2.11 bits per heavy atom. The Kier molecular flexibility index (Phi) is 5.47. The lowest BCUT2D eigenvalue weighted by atomic mass is 10.2. The van der Waals surface area contributed by atoms with Gasteiger partial charge in [0.25, 0.3) is 5.91 Å². The zero-order valence-corrected chi connectivity index (χ0v) is 16.5. The summed E-state index contributed by atoms with van der Waals surface area (Å²) in [7, 11) is 0. The van der Waals surface area contributed by atoms with Crippen molar-refractivity contribution in [3.8, 4) is 5.88 Å². The first-order chi connectivity index (χ1) is 13.6. The lowest BCUT2D eigenvalue weighted by molar-refractivity contribution is 0.0231. The first-order valence-electron chi connectivity index (χ1n) is 8.80. The average molecular weight is 444 g/mol. The van der Waals surface area contributed by atoms with Gasteiger partial charge in [-0.2, -0.15) is 0 Å². The van der Waals surface area contributed by atoms with Gasteiger partial charge < -0.3 is 9.84 Å². The molecule has 28 heavy (non-hydrogen) atoms. The molecule has 1 aromatic carbocycles. The number of pyridine rings is 1. The second-order valence-electron chi connectivity index (χ2n) is 6.38. The Bertz CT molecular complexity index is 1030. The van der Waals surface area contributed by atoms with Crippen molar-refractivity contribution < 1.29 is 14.6 Å². The Morgan fingerprint density at radius 1 is 1.29 bits per heavy atom. The van der Waals surface area contributed by atoms with Gasteiger partial charge in [-0.15, -0.1) is 10.2 Å². The van der Waals surface area contributed by atoms with Crippen molar-refractivity contribution in [1.82, 2.24) is 14.5 Å². The highest BCUT2D eigenvalue weighted by Gasteiger charge is 2.20. The molecule has 2 aromatic heterocycles. The van der Waals surface area contributed by atoms with E-state index in [9.17, 15) is 9.90 Å². The van der Waals surface area contributed by atoms with E-state index in [1.807, 2.05) is 18.2 Å². The van der Waals surface area contributed by atoms with Gasteiger partial charge in [0.1, 0.15) is 0 Å². The van der Waals surface area contributed by atoms with Crippen molar-refractivity contribution in [2.75, 3.05) is 26.3 Å². The summed E-state index contributed by atoms with van der Waals surface area (Å²) in [6, 6.07) is 8.94. The quantitative estimate of drug-likeness (QED) is 0.620. The van der Waals surface area contributed by atoms with Gasteiger partial charge in [-0.1, -0.05) is 15.9 Å². The molecule has 1 aliphatic heterocycles. The molecule has 0 unspecified atom stereocenters. The molecule has 3 aromatic rings. The van der Waals surface area contributed by atoms with E-state index < -0.39 is 5.91 Å². The molecule has 0 bridgehead atoms. The Hall–Kier alpha value is -2.62. The molecule has 0 saturated carbocycles. The zero-order valence-electron chi connectivity index (χ0n) is 15.0. The van der Waals surface area contributed by atoms with Gasteiger partial charge in [0.15, 0.2) is 5.69 Å². The van der Waals surface area contributed by atoms with Crippen LogP contribution < -0.4 is 0 Å². The zero-order chi connectivity index (χ0) is 19.5. The summed E-state index contributed by atoms with van der Waals surface area (Å²) in [6.45, 7) is 3.40. The van der Waals surface area contributed by atoms with Gasteiger partial charge in [-0.25, -0.2) is 0 Å². The maximum Gasteiger partial charge on any atom is 0.296 e. The SMILES string of the molecule is O=C(N=Nc1c(O)n(CN2CCOCC2)c2ccc(Br)cc12)c1cccnc1. The van der Waals surface area contributed by atoms with Crippen LogP contribution in [0, 0.1) is 0 Å². The Balaban J connectivity index is 1.71. The van der Waals surface area contributed by atoms with E-state index in [-0.39, 0.29) is 11.6 Å². The number of carbonyl (C=O) groups is 1. The van der Waals surface area contributed by atoms with E-state index >= 15 is 0 Å². The number of aromatic nitrogens is 2. The standard InChI is InChI=1S/C19H18BrN5O3/c20-14-3-4-16-15(10-14)17(22-23-18(26)13-2-1-5-21-11-13)19(27)25(16)12-24-6-8-28-9-7-24/h1-5,10-11,27H,6-9,12H2. The van der Waals surface area contributed by atoms with E-state index in [2.05, 4.69) is 36.0 Å². The van der Waals surface area contributed by atoms with Crippen LogP contribution in [-0.2, 0) is 11.4 Å². The van der Waals surface area contributed by atoms with Crippen molar-refractivity contribution in [2.45, 2.75) is 6.67 Å². The van der Waals surface area contributed by atoms with Crippen LogP contribution in [0.4, 0.5) is 5.69 Å². The minimum Gasteiger partial charge on any atom is -0.493 e. The fraction of sp³-hybridized carbons (Fsp3) is 0.263. The van der Waals surface area contributed by atoms with E-state index in [1.165, 1.54) is 6.20 Å². The number of amides is 1. The molecular weight excluding hydrogens is 426 g/mol. The number of fused-ring (bicyclic) bond motifs is 1. The highest BCUT2D eigenvalue weighted by molar-refractivity contribution is 9.10. The normalized spacial score (nSPS) is 15.5. The molecule has 1 amide bonds. The molecule has 144 valence electrons. The molecular formula is C19H18BrN5O3. The maximum absolute atomic E-state index is 12.2. The molecule has 9 heteroatoms. The number of morpholine rings is 1. The van der Waals surface area contributed by atoms with Crippen molar-refractivity contribution in [3.63, 3.8) is 0 Å². The molecule has 1 saturated heterocycles. The minimum absolute atomic E-state index is 0.0256. The Morgan fingerprint density at radius 3 is 2.86 bits per heavy atom. The van der Waals surface area contributed by atoms with Crippen molar-refractivity contribution >= 4 is 38.4 Å². The van der Waals surface area contributed by atoms with Crippen LogP contribution in [0.3, 0.4) is 0 Å². The second kappa shape index (κ2) is 8.17. The van der Waals surface area contributed by atoms with Crippen LogP contribution in [-0.4, -0.2) is 51.8 Å². The molecule has 1 fully saturated rings. The highest BCUT2D eigenvalue weighted by Crippen LogP contribution is 2.40. The third-order valence-corrected chi connectivity index (χ3v) is 5.06. The largest absolute Gasteiger partial charge is 0.493 e. The lowest BCUT2D eigenvalue weighted by Crippen LogP contribution is -2.37. The fourth-order valence-electron chi connectivity index (χ4n) is 3.12. The van der Waals surface area contributed by atoms with Crippen molar-refractivity contribution in [1.29, 1.82) is 0 Å². The molecule has 4 rings (SSSR count). The number of carbonyl (C=O) groups excluding carboxylic acids is 1.